The molecule has 2 aliphatic heterocycles. The van der Waals surface area contributed by atoms with Crippen LogP contribution < -0.4 is 4.90 Å². The summed E-state index contributed by atoms with van der Waals surface area (Å²) < 4.78 is 2.69. The van der Waals surface area contributed by atoms with Crippen LogP contribution in [0.15, 0.2) is 60.7 Å². The highest BCUT2D eigenvalue weighted by Crippen LogP contribution is 2.53. The predicted molar refractivity (Wildman–Crippen MR) is 94.7 cm³/mol. The van der Waals surface area contributed by atoms with Crippen LogP contribution in [0.4, 0.5) is 15.3 Å². The summed E-state index contributed by atoms with van der Waals surface area (Å²) >= 11 is 19.0. The molecule has 6 nitrogen and oxygen atoms in total. The number of para-hydroxylation sites is 1. The summed E-state index contributed by atoms with van der Waals surface area (Å²) in [6, 6.07) is 16.5. The highest BCUT2D eigenvalue weighted by atomic mass is 35.5. The van der Waals surface area contributed by atoms with Gasteiger partial charge < -0.3 is 0 Å². The Kier molecular flexibility index (Phi) is 3.72. The van der Waals surface area contributed by atoms with Crippen molar-refractivity contribution in [1.29, 1.82) is 0 Å². The van der Waals surface area contributed by atoms with Crippen molar-refractivity contribution in [2.24, 2.45) is 0 Å². The Hall–Kier alpha value is -2.15. The Bertz CT molecular complexity index is 838. The fraction of sp³-hybridized carbons (Fsp3) is 0.125. The lowest BCUT2D eigenvalue weighted by Gasteiger charge is -2.35. The molecule has 2 saturated heterocycles. The molecule has 2 atom stereocenters. The van der Waals surface area contributed by atoms with Crippen molar-refractivity contribution in [3.8, 4) is 0 Å². The lowest BCUT2D eigenvalue weighted by molar-refractivity contribution is 0.136. The molecular weight excluding hydrogens is 387 g/mol. The largest absolute Gasteiger partial charge is 0.353 e. The molecule has 128 valence electrons. The minimum Gasteiger partial charge on any atom is -0.266 e. The Morgan fingerprint density at radius 1 is 0.760 bits per heavy atom. The number of carbonyl (C=O) groups excluding carboxylic acids is 2. The van der Waals surface area contributed by atoms with E-state index in [0.29, 0.717) is 11.3 Å². The van der Waals surface area contributed by atoms with Gasteiger partial charge in [-0.1, -0.05) is 48.5 Å². The summed E-state index contributed by atoms with van der Waals surface area (Å²) in [6.07, 6.45) is -0.950. The zero-order valence-corrected chi connectivity index (χ0v) is 14.9. The van der Waals surface area contributed by atoms with Gasteiger partial charge >= 0.3 is 12.1 Å². The number of hydrogen-bond acceptors (Lipinski definition) is 2. The molecule has 2 aromatic carbocycles. The molecule has 0 aliphatic carbocycles. The summed E-state index contributed by atoms with van der Waals surface area (Å²) in [5, 5.41) is 0. The average molecular weight is 398 g/mol. The summed E-state index contributed by atoms with van der Waals surface area (Å²) in [5.41, 5.74) is -0.365. The standard InChI is InChI=1S/C16H11Cl3N4O2/c17-21-13-16(23(19)15(21)25,11-7-3-1-4-8-11)22(18)14(24)20(13)12-9-5-2-6-10-12/h1-10,13H. The second-order valence-corrected chi connectivity index (χ2v) is 6.65. The van der Waals surface area contributed by atoms with Gasteiger partial charge in [0.2, 0.25) is 5.66 Å². The Morgan fingerprint density at radius 2 is 1.28 bits per heavy atom. The molecule has 4 amide bonds. The highest BCUT2D eigenvalue weighted by Gasteiger charge is 2.71. The number of urea groups is 2. The lowest BCUT2D eigenvalue weighted by atomic mass is 9.98. The fourth-order valence-electron chi connectivity index (χ4n) is 3.30. The normalized spacial score (nSPS) is 25.8. The van der Waals surface area contributed by atoms with Crippen LogP contribution in [0.1, 0.15) is 5.56 Å². The van der Waals surface area contributed by atoms with E-state index >= 15 is 0 Å². The third-order valence-electron chi connectivity index (χ3n) is 4.38. The predicted octanol–water partition coefficient (Wildman–Crippen LogP) is 4.31. The number of hydrogen-bond donors (Lipinski definition) is 0. The molecule has 2 aliphatic rings. The maximum absolute atomic E-state index is 12.9. The van der Waals surface area contributed by atoms with Crippen LogP contribution in [0.3, 0.4) is 0 Å². The molecule has 0 saturated carbocycles. The number of rotatable bonds is 2. The molecule has 2 heterocycles. The van der Waals surface area contributed by atoms with Gasteiger partial charge in [-0.15, -0.1) is 0 Å². The van der Waals surface area contributed by atoms with E-state index in [1.807, 2.05) is 12.1 Å². The quantitative estimate of drug-likeness (QED) is 0.709. The molecule has 0 aromatic heterocycles. The van der Waals surface area contributed by atoms with Crippen LogP contribution in [0, 0.1) is 0 Å². The van der Waals surface area contributed by atoms with E-state index in [1.54, 1.807) is 48.5 Å². The molecule has 2 fully saturated rings. The Morgan fingerprint density at radius 3 is 1.88 bits per heavy atom. The van der Waals surface area contributed by atoms with Crippen molar-refractivity contribution < 1.29 is 9.59 Å². The molecular formula is C16H11Cl3N4O2. The van der Waals surface area contributed by atoms with Crippen LogP contribution in [0.2, 0.25) is 0 Å². The first kappa shape index (κ1) is 16.3. The summed E-state index contributed by atoms with van der Waals surface area (Å²) in [4.78, 5) is 26.8. The number of amides is 4. The van der Waals surface area contributed by atoms with E-state index in [4.69, 9.17) is 35.3 Å². The lowest BCUT2D eigenvalue weighted by Crippen LogP contribution is -2.51. The monoisotopic (exact) mass is 396 g/mol. The van der Waals surface area contributed by atoms with Gasteiger partial charge in [0.1, 0.15) is 0 Å². The second-order valence-electron chi connectivity index (χ2n) is 5.61. The SMILES string of the molecule is O=C1N(Cl)C2N(c3ccccc3)C(=O)N(Cl)C2(c2ccccc2)N1Cl. The average Bonchev–Trinajstić information content (AvgIpc) is 3.00. The number of benzene rings is 2. The number of anilines is 1. The van der Waals surface area contributed by atoms with Crippen LogP contribution in [-0.4, -0.2) is 31.5 Å². The number of nitrogens with zero attached hydrogens (tertiary/aromatic N) is 4. The smallest absolute Gasteiger partial charge is 0.266 e. The topological polar surface area (TPSA) is 47.1 Å². The first-order chi connectivity index (χ1) is 12.0. The van der Waals surface area contributed by atoms with Crippen molar-refractivity contribution in [3.05, 3.63) is 66.2 Å². The van der Waals surface area contributed by atoms with Crippen molar-refractivity contribution in [1.82, 2.24) is 13.3 Å². The maximum atomic E-state index is 12.9. The molecule has 25 heavy (non-hydrogen) atoms. The molecule has 9 heteroatoms. The van der Waals surface area contributed by atoms with E-state index < -0.39 is 23.9 Å². The first-order valence-electron chi connectivity index (χ1n) is 7.36. The molecule has 2 unspecified atom stereocenters. The highest BCUT2D eigenvalue weighted by molar-refractivity contribution is 6.33. The van der Waals surface area contributed by atoms with Crippen LogP contribution in [-0.2, 0) is 5.66 Å². The van der Waals surface area contributed by atoms with E-state index in [-0.39, 0.29) is 0 Å². The molecule has 4 rings (SSSR count). The first-order valence-corrected chi connectivity index (χ1v) is 8.37. The minimum absolute atomic E-state index is 0.537. The minimum atomic E-state index is -1.48. The Balaban J connectivity index is 1.97. The van der Waals surface area contributed by atoms with Gasteiger partial charge in [0.25, 0.3) is 0 Å². The third kappa shape index (κ3) is 1.99. The fourth-order valence-corrected chi connectivity index (χ4v) is 4.36. The van der Waals surface area contributed by atoms with Gasteiger partial charge in [-0.05, 0) is 12.1 Å². The number of halogens is 3. The molecule has 0 bridgehead atoms. The number of fused-ring (bicyclic) bond motifs is 1. The van der Waals surface area contributed by atoms with Crippen molar-refractivity contribution >= 4 is 53.1 Å². The van der Waals surface area contributed by atoms with Crippen molar-refractivity contribution in [2.45, 2.75) is 11.8 Å². The zero-order valence-electron chi connectivity index (χ0n) is 12.6. The van der Waals surface area contributed by atoms with Crippen molar-refractivity contribution in [3.63, 3.8) is 0 Å². The van der Waals surface area contributed by atoms with Gasteiger partial charge in [-0.3, -0.25) is 4.90 Å². The van der Waals surface area contributed by atoms with E-state index in [2.05, 4.69) is 0 Å². The zero-order chi connectivity index (χ0) is 17.8. The maximum Gasteiger partial charge on any atom is 0.353 e. The summed E-state index contributed by atoms with van der Waals surface area (Å²) in [7, 11) is 0. The second kappa shape index (κ2) is 5.69. The van der Waals surface area contributed by atoms with Gasteiger partial charge in [-0.2, -0.15) is 4.42 Å². The number of carbonyl (C=O) groups is 2. The Labute approximate surface area is 159 Å². The van der Waals surface area contributed by atoms with E-state index in [1.165, 1.54) is 4.90 Å². The molecule has 2 aromatic rings. The van der Waals surface area contributed by atoms with E-state index in [0.717, 1.165) is 13.3 Å². The summed E-state index contributed by atoms with van der Waals surface area (Å²) in [5.74, 6) is 0. The van der Waals surface area contributed by atoms with Crippen LogP contribution in [0.25, 0.3) is 0 Å². The van der Waals surface area contributed by atoms with Gasteiger partial charge in [-0.25, -0.2) is 18.4 Å². The molecule has 0 radical (unpaired) electrons. The van der Waals surface area contributed by atoms with E-state index in [9.17, 15) is 9.59 Å². The third-order valence-corrected chi connectivity index (χ3v) is 5.51. The van der Waals surface area contributed by atoms with Gasteiger partial charge in [0.05, 0.1) is 0 Å². The molecule has 0 N–H and O–H groups in total. The van der Waals surface area contributed by atoms with Crippen molar-refractivity contribution in [2.75, 3.05) is 4.90 Å². The molecule has 0 spiro atoms. The summed E-state index contributed by atoms with van der Waals surface area (Å²) in [6.45, 7) is 0. The van der Waals surface area contributed by atoms with Gasteiger partial charge in [0, 0.05) is 46.6 Å². The van der Waals surface area contributed by atoms with Crippen LogP contribution >= 0.6 is 35.3 Å². The van der Waals surface area contributed by atoms with Gasteiger partial charge in [0.15, 0.2) is 6.17 Å². The van der Waals surface area contributed by atoms with Crippen LogP contribution in [0.5, 0.6) is 0 Å².